The minimum atomic E-state index is -0.117. The second kappa shape index (κ2) is 7.25. The lowest BCUT2D eigenvalue weighted by atomic mass is 10.0. The molecule has 2 aliphatic heterocycles. The molecular formula is C19H26N4O3. The highest BCUT2D eigenvalue weighted by atomic mass is 16.5. The summed E-state index contributed by atoms with van der Waals surface area (Å²) >= 11 is 0. The van der Waals surface area contributed by atoms with Gasteiger partial charge in [-0.3, -0.25) is 14.3 Å². The number of carbonyl (C=O) groups excluding carboxylic acids is 1. The zero-order valence-electron chi connectivity index (χ0n) is 15.2. The van der Waals surface area contributed by atoms with Gasteiger partial charge in [0, 0.05) is 32.2 Å². The van der Waals surface area contributed by atoms with Crippen molar-refractivity contribution >= 4 is 16.9 Å². The Morgan fingerprint density at radius 1 is 1.15 bits per heavy atom. The molecule has 2 aliphatic rings. The average molecular weight is 358 g/mol. The van der Waals surface area contributed by atoms with E-state index in [1.807, 2.05) is 40.7 Å². The van der Waals surface area contributed by atoms with Gasteiger partial charge in [0.1, 0.15) is 0 Å². The third kappa shape index (κ3) is 3.17. The summed E-state index contributed by atoms with van der Waals surface area (Å²) in [5.74, 6) is 0.191. The third-order valence-electron chi connectivity index (χ3n) is 5.72. The molecule has 0 spiro atoms. The van der Waals surface area contributed by atoms with Crippen molar-refractivity contribution in [2.24, 2.45) is 0 Å². The van der Waals surface area contributed by atoms with Crippen molar-refractivity contribution in [2.75, 3.05) is 39.4 Å². The molecule has 2 fully saturated rings. The van der Waals surface area contributed by atoms with E-state index in [2.05, 4.69) is 9.88 Å². The maximum Gasteiger partial charge on any atom is 0.326 e. The summed E-state index contributed by atoms with van der Waals surface area (Å²) in [6.07, 6.45) is 1.75. The van der Waals surface area contributed by atoms with Crippen molar-refractivity contribution in [3.05, 3.63) is 34.7 Å². The predicted octanol–water partition coefficient (Wildman–Crippen LogP) is 1.21. The maximum absolute atomic E-state index is 12.7. The first-order chi connectivity index (χ1) is 12.6. The molecule has 7 nitrogen and oxygen atoms in total. The van der Waals surface area contributed by atoms with Crippen LogP contribution in [0, 0.1) is 0 Å². The van der Waals surface area contributed by atoms with Crippen LogP contribution in [0.5, 0.6) is 0 Å². The molecular weight excluding hydrogens is 332 g/mol. The molecule has 0 aliphatic carbocycles. The third-order valence-corrected chi connectivity index (χ3v) is 5.72. The van der Waals surface area contributed by atoms with E-state index in [-0.39, 0.29) is 23.7 Å². The SMILES string of the molecule is C[C@@H](C(=O)N1CCOCC1)N1CCC(n2c(=O)[nH]c3ccccc32)CC1. The van der Waals surface area contributed by atoms with Crippen LogP contribution >= 0.6 is 0 Å². The normalized spacial score (nSPS) is 21.2. The standard InChI is InChI=1S/C19H26N4O3/c1-14(18(24)22-10-12-26-13-11-22)21-8-6-15(7-9-21)23-17-5-3-2-4-16(17)20-19(23)25/h2-5,14-15H,6-13H2,1H3,(H,20,25)/t14-/m0/s1. The first-order valence-corrected chi connectivity index (χ1v) is 9.45. The fraction of sp³-hybridized carbons (Fsp3) is 0.579. The highest BCUT2D eigenvalue weighted by Crippen LogP contribution is 2.26. The molecule has 0 unspecified atom stereocenters. The Kier molecular flexibility index (Phi) is 4.82. The monoisotopic (exact) mass is 358 g/mol. The zero-order chi connectivity index (χ0) is 18.1. The molecule has 7 heteroatoms. The Labute approximate surface area is 152 Å². The van der Waals surface area contributed by atoms with E-state index in [4.69, 9.17) is 4.74 Å². The second-order valence-corrected chi connectivity index (χ2v) is 7.20. The highest BCUT2D eigenvalue weighted by Gasteiger charge is 2.31. The van der Waals surface area contributed by atoms with Crippen molar-refractivity contribution in [2.45, 2.75) is 31.8 Å². The highest BCUT2D eigenvalue weighted by molar-refractivity contribution is 5.81. The first kappa shape index (κ1) is 17.3. The summed E-state index contributed by atoms with van der Waals surface area (Å²) in [6.45, 7) is 6.28. The number of H-pyrrole nitrogens is 1. The molecule has 1 atom stereocenters. The number of nitrogens with zero attached hydrogens (tertiary/aromatic N) is 3. The van der Waals surface area contributed by atoms with Gasteiger partial charge in [-0.1, -0.05) is 12.1 Å². The average Bonchev–Trinajstić information content (AvgIpc) is 3.03. The largest absolute Gasteiger partial charge is 0.378 e. The van der Waals surface area contributed by atoms with Crippen LogP contribution in [0.1, 0.15) is 25.8 Å². The van der Waals surface area contributed by atoms with Gasteiger partial charge >= 0.3 is 5.69 Å². The zero-order valence-corrected chi connectivity index (χ0v) is 15.2. The number of imidazole rings is 1. The summed E-state index contributed by atoms with van der Waals surface area (Å²) in [7, 11) is 0. The first-order valence-electron chi connectivity index (χ1n) is 9.45. The predicted molar refractivity (Wildman–Crippen MR) is 99.3 cm³/mol. The quantitative estimate of drug-likeness (QED) is 0.895. The Balaban J connectivity index is 1.43. The number of likely N-dealkylation sites (tertiary alicyclic amines) is 1. The van der Waals surface area contributed by atoms with Crippen molar-refractivity contribution in [1.29, 1.82) is 0 Å². The molecule has 0 saturated carbocycles. The van der Waals surface area contributed by atoms with E-state index < -0.39 is 0 Å². The molecule has 2 saturated heterocycles. The number of amides is 1. The number of rotatable bonds is 3. The van der Waals surface area contributed by atoms with Crippen LogP contribution in [0.4, 0.5) is 0 Å². The lowest BCUT2D eigenvalue weighted by Gasteiger charge is -2.38. The van der Waals surface area contributed by atoms with Gasteiger partial charge in [-0.05, 0) is 31.9 Å². The number of benzene rings is 1. The number of morpholine rings is 1. The lowest BCUT2D eigenvalue weighted by Crippen LogP contribution is -2.52. The summed E-state index contributed by atoms with van der Waals surface area (Å²) < 4.78 is 7.22. The molecule has 1 aromatic heterocycles. The van der Waals surface area contributed by atoms with Crippen molar-refractivity contribution in [3.63, 3.8) is 0 Å². The Bertz CT molecular complexity index is 829. The van der Waals surface area contributed by atoms with Gasteiger partial charge in [-0.2, -0.15) is 0 Å². The van der Waals surface area contributed by atoms with Crippen molar-refractivity contribution in [1.82, 2.24) is 19.4 Å². The molecule has 1 N–H and O–H groups in total. The molecule has 2 aromatic rings. The van der Waals surface area contributed by atoms with Gasteiger partial charge < -0.3 is 14.6 Å². The van der Waals surface area contributed by atoms with Gasteiger partial charge in [0.15, 0.2) is 0 Å². The van der Waals surface area contributed by atoms with Crippen LogP contribution in [0.25, 0.3) is 11.0 Å². The molecule has 3 heterocycles. The van der Waals surface area contributed by atoms with Gasteiger partial charge in [-0.25, -0.2) is 4.79 Å². The number of hydrogen-bond donors (Lipinski definition) is 1. The van der Waals surface area contributed by atoms with Crippen molar-refractivity contribution in [3.8, 4) is 0 Å². The molecule has 140 valence electrons. The van der Waals surface area contributed by atoms with Crippen molar-refractivity contribution < 1.29 is 9.53 Å². The van der Waals surface area contributed by atoms with Crippen LogP contribution < -0.4 is 5.69 Å². The van der Waals surface area contributed by atoms with E-state index in [0.717, 1.165) is 37.0 Å². The van der Waals surface area contributed by atoms with E-state index >= 15 is 0 Å². The summed E-state index contributed by atoms with van der Waals surface area (Å²) in [5.41, 5.74) is 1.81. The van der Waals surface area contributed by atoms with Crippen LogP contribution in [0.2, 0.25) is 0 Å². The van der Waals surface area contributed by atoms with Gasteiger partial charge in [0.2, 0.25) is 5.91 Å². The van der Waals surface area contributed by atoms with Gasteiger partial charge in [0.25, 0.3) is 0 Å². The minimum Gasteiger partial charge on any atom is -0.378 e. The summed E-state index contributed by atoms with van der Waals surface area (Å²) in [4.78, 5) is 32.2. The Morgan fingerprint density at radius 2 is 1.85 bits per heavy atom. The Hall–Kier alpha value is -2.12. The molecule has 0 bridgehead atoms. The number of nitrogens with one attached hydrogen (secondary N) is 1. The maximum atomic E-state index is 12.7. The summed E-state index contributed by atoms with van der Waals surface area (Å²) in [6, 6.07) is 7.89. The van der Waals surface area contributed by atoms with Gasteiger partial charge in [-0.15, -0.1) is 0 Å². The van der Waals surface area contributed by atoms with E-state index in [1.54, 1.807) is 0 Å². The summed E-state index contributed by atoms with van der Waals surface area (Å²) in [5, 5.41) is 0. The Morgan fingerprint density at radius 3 is 2.58 bits per heavy atom. The number of aromatic amines is 1. The fourth-order valence-corrected chi connectivity index (χ4v) is 4.17. The van der Waals surface area contributed by atoms with Gasteiger partial charge in [0.05, 0.1) is 30.3 Å². The van der Waals surface area contributed by atoms with Crippen LogP contribution in [0.3, 0.4) is 0 Å². The lowest BCUT2D eigenvalue weighted by molar-refractivity contribution is -0.141. The number of hydrogen-bond acceptors (Lipinski definition) is 4. The number of aromatic nitrogens is 2. The molecule has 0 radical (unpaired) electrons. The molecule has 4 rings (SSSR count). The van der Waals surface area contributed by atoms with Crippen LogP contribution in [-0.4, -0.2) is 70.7 Å². The second-order valence-electron chi connectivity index (χ2n) is 7.20. The molecule has 26 heavy (non-hydrogen) atoms. The molecule has 1 amide bonds. The van der Waals surface area contributed by atoms with Crippen LogP contribution in [-0.2, 0) is 9.53 Å². The van der Waals surface area contributed by atoms with E-state index in [0.29, 0.717) is 26.3 Å². The number of fused-ring (bicyclic) bond motifs is 1. The minimum absolute atomic E-state index is 0.0397. The van der Waals surface area contributed by atoms with E-state index in [1.165, 1.54) is 0 Å². The smallest absolute Gasteiger partial charge is 0.326 e. The fourth-order valence-electron chi connectivity index (χ4n) is 4.17. The van der Waals surface area contributed by atoms with E-state index in [9.17, 15) is 9.59 Å². The number of carbonyl (C=O) groups is 1. The topological polar surface area (TPSA) is 70.6 Å². The van der Waals surface area contributed by atoms with Crippen LogP contribution in [0.15, 0.2) is 29.1 Å². The number of para-hydroxylation sites is 2. The molecule has 1 aromatic carbocycles. The number of piperidine rings is 1. The number of ether oxygens (including phenoxy) is 1.